The molecule has 0 saturated carbocycles. The Morgan fingerprint density at radius 3 is 2.89 bits per heavy atom. The highest BCUT2D eigenvalue weighted by Crippen LogP contribution is 2.10. The minimum Gasteiger partial charge on any atom is -0.312 e. The van der Waals surface area contributed by atoms with Gasteiger partial charge in [-0.05, 0) is 44.5 Å². The summed E-state index contributed by atoms with van der Waals surface area (Å²) in [4.78, 5) is 2.60. The zero-order valence-electron chi connectivity index (χ0n) is 11.6. The fraction of sp³-hybridized carbons (Fsp3) is 0.625. The van der Waals surface area contributed by atoms with Crippen LogP contribution < -0.4 is 5.32 Å². The molecular formula is C16H26N2. The Hall–Kier alpha value is -0.860. The van der Waals surface area contributed by atoms with Crippen LogP contribution in [0.3, 0.4) is 0 Å². The van der Waals surface area contributed by atoms with Crippen LogP contribution in [0.2, 0.25) is 0 Å². The number of nitrogens with zero attached hydrogens (tertiary/aromatic N) is 1. The first kappa shape index (κ1) is 13.6. The Balaban J connectivity index is 1.60. The predicted octanol–water partition coefficient (Wildman–Crippen LogP) is 2.69. The number of hydrogen-bond donors (Lipinski definition) is 1. The molecule has 0 amide bonds. The summed E-state index contributed by atoms with van der Waals surface area (Å²) >= 11 is 0. The molecule has 0 aromatic heterocycles. The number of unbranched alkanes of at least 4 members (excludes halogenated alkanes) is 1. The summed E-state index contributed by atoms with van der Waals surface area (Å²) in [5.74, 6) is 0. The molecule has 100 valence electrons. The Morgan fingerprint density at radius 2 is 2.11 bits per heavy atom. The molecule has 1 aromatic rings. The summed E-state index contributed by atoms with van der Waals surface area (Å²) in [6.07, 6.45) is 5.12. The molecule has 2 heteroatoms. The van der Waals surface area contributed by atoms with Gasteiger partial charge in [0.1, 0.15) is 0 Å². The smallest absolute Gasteiger partial charge is 0.0207 e. The third-order valence-corrected chi connectivity index (χ3v) is 3.79. The molecule has 0 aliphatic carbocycles. The standard InChI is InChI=1S/C16H26N2/c1-2-3-12-18-13-10-16(14-18)17-11-9-15-7-5-4-6-8-15/h4-8,16-17H,2-3,9-14H2,1H3. The first-order chi connectivity index (χ1) is 8.88. The van der Waals surface area contributed by atoms with Crippen LogP contribution in [-0.2, 0) is 6.42 Å². The summed E-state index contributed by atoms with van der Waals surface area (Å²) in [7, 11) is 0. The Labute approximate surface area is 111 Å². The topological polar surface area (TPSA) is 15.3 Å². The first-order valence-electron chi connectivity index (χ1n) is 7.38. The summed E-state index contributed by atoms with van der Waals surface area (Å²) in [6.45, 7) is 7.19. The summed E-state index contributed by atoms with van der Waals surface area (Å²) in [5, 5.41) is 3.69. The summed E-state index contributed by atoms with van der Waals surface area (Å²) in [6, 6.07) is 11.5. The van der Waals surface area contributed by atoms with Crippen molar-refractivity contribution in [3.8, 4) is 0 Å². The van der Waals surface area contributed by atoms with Crippen LogP contribution in [0.1, 0.15) is 31.7 Å². The van der Waals surface area contributed by atoms with Gasteiger partial charge >= 0.3 is 0 Å². The van der Waals surface area contributed by atoms with Crippen molar-refractivity contribution in [2.24, 2.45) is 0 Å². The predicted molar refractivity (Wildman–Crippen MR) is 77.9 cm³/mol. The number of hydrogen-bond acceptors (Lipinski definition) is 2. The zero-order valence-corrected chi connectivity index (χ0v) is 11.6. The van der Waals surface area contributed by atoms with Crippen LogP contribution in [-0.4, -0.2) is 37.1 Å². The molecule has 1 aliphatic rings. The van der Waals surface area contributed by atoms with Gasteiger partial charge in [-0.2, -0.15) is 0 Å². The maximum atomic E-state index is 3.69. The van der Waals surface area contributed by atoms with Crippen LogP contribution in [0, 0.1) is 0 Å². The van der Waals surface area contributed by atoms with E-state index in [1.54, 1.807) is 0 Å². The van der Waals surface area contributed by atoms with Gasteiger partial charge in [-0.15, -0.1) is 0 Å². The molecule has 1 unspecified atom stereocenters. The summed E-state index contributed by atoms with van der Waals surface area (Å²) in [5.41, 5.74) is 1.44. The van der Waals surface area contributed by atoms with Crippen molar-refractivity contribution in [3.63, 3.8) is 0 Å². The van der Waals surface area contributed by atoms with Crippen molar-refractivity contribution in [3.05, 3.63) is 35.9 Å². The molecule has 0 bridgehead atoms. The van der Waals surface area contributed by atoms with Gasteiger partial charge in [0, 0.05) is 12.6 Å². The van der Waals surface area contributed by atoms with Gasteiger partial charge in [0.15, 0.2) is 0 Å². The number of likely N-dealkylation sites (tertiary alicyclic amines) is 1. The molecule has 1 heterocycles. The zero-order chi connectivity index (χ0) is 12.6. The minimum atomic E-state index is 0.713. The maximum Gasteiger partial charge on any atom is 0.0207 e. The second-order valence-electron chi connectivity index (χ2n) is 5.33. The molecule has 2 rings (SSSR count). The van der Waals surface area contributed by atoms with Crippen LogP contribution in [0.5, 0.6) is 0 Å². The first-order valence-corrected chi connectivity index (χ1v) is 7.38. The van der Waals surface area contributed by atoms with Crippen LogP contribution in [0.4, 0.5) is 0 Å². The van der Waals surface area contributed by atoms with Gasteiger partial charge in [0.05, 0.1) is 0 Å². The molecular weight excluding hydrogens is 220 g/mol. The quantitative estimate of drug-likeness (QED) is 0.796. The Kier molecular flexibility index (Phi) is 5.69. The van der Waals surface area contributed by atoms with Crippen LogP contribution >= 0.6 is 0 Å². The fourth-order valence-corrected chi connectivity index (χ4v) is 2.65. The SMILES string of the molecule is CCCCN1CCC(NCCc2ccccc2)C1. The normalized spacial score (nSPS) is 20.4. The highest BCUT2D eigenvalue weighted by molar-refractivity contribution is 5.14. The fourth-order valence-electron chi connectivity index (χ4n) is 2.65. The van der Waals surface area contributed by atoms with Crippen molar-refractivity contribution in [2.75, 3.05) is 26.2 Å². The Bertz CT molecular complexity index is 323. The van der Waals surface area contributed by atoms with Crippen molar-refractivity contribution in [2.45, 2.75) is 38.6 Å². The van der Waals surface area contributed by atoms with E-state index >= 15 is 0 Å². The van der Waals surface area contributed by atoms with E-state index in [9.17, 15) is 0 Å². The van der Waals surface area contributed by atoms with Crippen molar-refractivity contribution in [1.29, 1.82) is 0 Å². The lowest BCUT2D eigenvalue weighted by Crippen LogP contribution is -2.34. The lowest BCUT2D eigenvalue weighted by molar-refractivity contribution is 0.322. The van der Waals surface area contributed by atoms with Crippen molar-refractivity contribution >= 4 is 0 Å². The minimum absolute atomic E-state index is 0.713. The average molecular weight is 246 g/mol. The average Bonchev–Trinajstić information content (AvgIpc) is 2.85. The maximum absolute atomic E-state index is 3.69. The summed E-state index contributed by atoms with van der Waals surface area (Å²) < 4.78 is 0. The molecule has 0 spiro atoms. The Morgan fingerprint density at radius 1 is 1.28 bits per heavy atom. The third-order valence-electron chi connectivity index (χ3n) is 3.79. The number of rotatable bonds is 7. The van der Waals surface area contributed by atoms with Crippen molar-refractivity contribution < 1.29 is 0 Å². The second-order valence-corrected chi connectivity index (χ2v) is 5.33. The van der Waals surface area contributed by atoms with E-state index in [2.05, 4.69) is 47.5 Å². The van der Waals surface area contributed by atoms with E-state index in [1.807, 2.05) is 0 Å². The van der Waals surface area contributed by atoms with Gasteiger partial charge in [-0.3, -0.25) is 0 Å². The molecule has 1 atom stereocenters. The van der Waals surface area contributed by atoms with E-state index in [0.717, 1.165) is 13.0 Å². The molecule has 2 nitrogen and oxygen atoms in total. The molecule has 18 heavy (non-hydrogen) atoms. The second kappa shape index (κ2) is 7.55. The molecule has 1 aromatic carbocycles. The van der Waals surface area contributed by atoms with Crippen molar-refractivity contribution in [1.82, 2.24) is 10.2 Å². The highest BCUT2D eigenvalue weighted by atomic mass is 15.2. The largest absolute Gasteiger partial charge is 0.312 e. The molecule has 1 aliphatic heterocycles. The van der Waals surface area contributed by atoms with Crippen LogP contribution in [0.15, 0.2) is 30.3 Å². The van der Waals surface area contributed by atoms with Gasteiger partial charge in [0.25, 0.3) is 0 Å². The van der Waals surface area contributed by atoms with Gasteiger partial charge in [0.2, 0.25) is 0 Å². The highest BCUT2D eigenvalue weighted by Gasteiger charge is 2.20. The third kappa shape index (κ3) is 4.43. The lowest BCUT2D eigenvalue weighted by Gasteiger charge is -2.16. The van der Waals surface area contributed by atoms with Crippen LogP contribution in [0.25, 0.3) is 0 Å². The molecule has 0 radical (unpaired) electrons. The molecule has 1 fully saturated rings. The lowest BCUT2D eigenvalue weighted by atomic mass is 10.1. The van der Waals surface area contributed by atoms with E-state index in [0.29, 0.717) is 6.04 Å². The van der Waals surface area contributed by atoms with Gasteiger partial charge in [-0.1, -0.05) is 43.7 Å². The van der Waals surface area contributed by atoms with E-state index in [4.69, 9.17) is 0 Å². The number of nitrogens with one attached hydrogen (secondary N) is 1. The molecule has 1 N–H and O–H groups in total. The van der Waals surface area contributed by atoms with Gasteiger partial charge < -0.3 is 10.2 Å². The van der Waals surface area contributed by atoms with E-state index in [-0.39, 0.29) is 0 Å². The molecule has 1 saturated heterocycles. The van der Waals surface area contributed by atoms with E-state index in [1.165, 1.54) is 44.5 Å². The number of benzene rings is 1. The monoisotopic (exact) mass is 246 g/mol. The van der Waals surface area contributed by atoms with Gasteiger partial charge in [-0.25, -0.2) is 0 Å². The van der Waals surface area contributed by atoms with E-state index < -0.39 is 0 Å².